The average molecular weight is 531 g/mol. The molecule has 188 valence electrons. The van der Waals surface area contributed by atoms with Crippen molar-refractivity contribution in [1.82, 2.24) is 4.57 Å². The van der Waals surface area contributed by atoms with Crippen molar-refractivity contribution in [3.63, 3.8) is 0 Å². The number of alkyl halides is 3. The predicted molar refractivity (Wildman–Crippen MR) is 125 cm³/mol. The number of benzene rings is 2. The molecule has 3 aromatic rings. The maximum atomic E-state index is 13.0. The third-order valence-corrected chi connectivity index (χ3v) is 6.36. The Labute approximate surface area is 205 Å². The van der Waals surface area contributed by atoms with Crippen LogP contribution in [0.5, 0.6) is 5.75 Å². The van der Waals surface area contributed by atoms with Crippen LogP contribution in [0, 0.1) is 6.92 Å². The van der Waals surface area contributed by atoms with E-state index in [1.165, 1.54) is 54.0 Å². The number of aliphatic hydroxyl groups is 1. The summed E-state index contributed by atoms with van der Waals surface area (Å²) in [5, 5.41) is 12.6. The van der Waals surface area contributed by atoms with Gasteiger partial charge in [-0.25, -0.2) is 8.42 Å². The Morgan fingerprint density at radius 2 is 1.80 bits per heavy atom. The molecule has 2 N–H and O–H groups in total. The lowest BCUT2D eigenvalue weighted by Gasteiger charge is -2.18. The molecule has 0 spiro atoms. The number of hydrogen-bond donors (Lipinski definition) is 2. The molecule has 1 atom stereocenters. The first-order valence-corrected chi connectivity index (χ1v) is 12.5. The molecule has 0 saturated carbocycles. The SMILES string of the molecule is Cc1c(C(=O)Nc2ccc(S(C)(=O)=O)cc2)cc(C[C@H](C)O)n1-c1ccc(Cl)cc1OC(F)(F)F. The van der Waals surface area contributed by atoms with Crippen molar-refractivity contribution in [2.24, 2.45) is 0 Å². The van der Waals surface area contributed by atoms with Gasteiger partial charge in [-0.05, 0) is 56.3 Å². The highest BCUT2D eigenvalue weighted by atomic mass is 35.5. The first-order chi connectivity index (χ1) is 16.2. The van der Waals surface area contributed by atoms with Crippen LogP contribution in [0.3, 0.4) is 0 Å². The number of nitrogens with one attached hydrogen (secondary N) is 1. The van der Waals surface area contributed by atoms with Crippen LogP contribution < -0.4 is 10.1 Å². The van der Waals surface area contributed by atoms with E-state index in [0.717, 1.165) is 12.3 Å². The van der Waals surface area contributed by atoms with E-state index in [9.17, 15) is 31.5 Å². The lowest BCUT2D eigenvalue weighted by Crippen LogP contribution is -2.19. The number of sulfone groups is 1. The van der Waals surface area contributed by atoms with E-state index in [-0.39, 0.29) is 27.6 Å². The van der Waals surface area contributed by atoms with Crippen LogP contribution in [-0.2, 0) is 16.3 Å². The molecule has 1 amide bonds. The van der Waals surface area contributed by atoms with Gasteiger partial charge in [0.2, 0.25) is 0 Å². The van der Waals surface area contributed by atoms with Crippen molar-refractivity contribution in [2.75, 3.05) is 11.6 Å². The Hall–Kier alpha value is -3.02. The van der Waals surface area contributed by atoms with Crippen LogP contribution in [0.25, 0.3) is 5.69 Å². The molecule has 0 fully saturated rings. The number of carbonyl (C=O) groups is 1. The zero-order valence-corrected chi connectivity index (χ0v) is 20.4. The molecule has 1 heterocycles. The van der Waals surface area contributed by atoms with Gasteiger partial charge in [0.15, 0.2) is 15.6 Å². The number of aromatic nitrogens is 1. The Balaban J connectivity index is 2.05. The quantitative estimate of drug-likeness (QED) is 0.452. The fourth-order valence-electron chi connectivity index (χ4n) is 3.55. The van der Waals surface area contributed by atoms with E-state index >= 15 is 0 Å². The van der Waals surface area contributed by atoms with Gasteiger partial charge in [-0.2, -0.15) is 0 Å². The Morgan fingerprint density at radius 1 is 1.17 bits per heavy atom. The number of hydrogen-bond acceptors (Lipinski definition) is 5. The topological polar surface area (TPSA) is 97.6 Å². The van der Waals surface area contributed by atoms with Crippen molar-refractivity contribution < 1.29 is 36.2 Å². The Kier molecular flexibility index (Phi) is 7.53. The minimum absolute atomic E-state index is 0.0172. The van der Waals surface area contributed by atoms with Gasteiger partial charge < -0.3 is 19.7 Å². The maximum absolute atomic E-state index is 13.0. The van der Waals surface area contributed by atoms with Gasteiger partial charge in [0.1, 0.15) is 0 Å². The minimum atomic E-state index is -4.98. The number of carbonyl (C=O) groups excluding carboxylic acids is 1. The first-order valence-electron chi connectivity index (χ1n) is 10.2. The highest BCUT2D eigenvalue weighted by molar-refractivity contribution is 7.90. The van der Waals surface area contributed by atoms with Crippen LogP contribution >= 0.6 is 11.6 Å². The summed E-state index contributed by atoms with van der Waals surface area (Å²) < 4.78 is 68.0. The van der Waals surface area contributed by atoms with Gasteiger partial charge >= 0.3 is 6.36 Å². The van der Waals surface area contributed by atoms with Crippen molar-refractivity contribution in [1.29, 1.82) is 0 Å². The molecule has 0 aliphatic carbocycles. The summed E-state index contributed by atoms with van der Waals surface area (Å²) >= 11 is 5.88. The lowest BCUT2D eigenvalue weighted by atomic mass is 10.2. The van der Waals surface area contributed by atoms with Crippen molar-refractivity contribution >= 4 is 33.0 Å². The molecule has 0 saturated heterocycles. The fourth-order valence-corrected chi connectivity index (χ4v) is 4.35. The van der Waals surface area contributed by atoms with Gasteiger partial charge in [0.25, 0.3) is 5.91 Å². The van der Waals surface area contributed by atoms with E-state index in [4.69, 9.17) is 11.6 Å². The highest BCUT2D eigenvalue weighted by Gasteiger charge is 2.33. The Bertz CT molecular complexity index is 1350. The summed E-state index contributed by atoms with van der Waals surface area (Å²) in [5.41, 5.74) is 1.10. The number of amides is 1. The number of halogens is 4. The van der Waals surface area contributed by atoms with Gasteiger partial charge in [-0.15, -0.1) is 13.2 Å². The van der Waals surface area contributed by atoms with E-state index in [2.05, 4.69) is 10.1 Å². The molecule has 35 heavy (non-hydrogen) atoms. The highest BCUT2D eigenvalue weighted by Crippen LogP contribution is 2.35. The molecule has 2 aromatic carbocycles. The number of anilines is 1. The molecule has 0 radical (unpaired) electrons. The molecule has 12 heteroatoms. The van der Waals surface area contributed by atoms with Crippen molar-refractivity contribution in [3.8, 4) is 11.4 Å². The second-order valence-corrected chi connectivity index (χ2v) is 10.4. The number of ether oxygens (including phenoxy) is 1. The third-order valence-electron chi connectivity index (χ3n) is 5.00. The molecule has 7 nitrogen and oxygen atoms in total. The number of rotatable bonds is 7. The van der Waals surface area contributed by atoms with Crippen molar-refractivity contribution in [3.05, 3.63) is 70.5 Å². The van der Waals surface area contributed by atoms with E-state index < -0.39 is 34.0 Å². The van der Waals surface area contributed by atoms with E-state index in [1.807, 2.05) is 0 Å². The minimum Gasteiger partial charge on any atom is -0.403 e. The predicted octanol–water partition coefficient (Wildman–Crippen LogP) is 4.92. The summed E-state index contributed by atoms with van der Waals surface area (Å²) in [7, 11) is -3.41. The summed E-state index contributed by atoms with van der Waals surface area (Å²) in [6.45, 7) is 3.05. The molecule has 3 rings (SSSR count). The van der Waals surface area contributed by atoms with Gasteiger partial charge in [0, 0.05) is 40.8 Å². The van der Waals surface area contributed by atoms with Gasteiger partial charge in [-0.1, -0.05) is 11.6 Å². The molecule has 0 aliphatic heterocycles. The normalized spacial score (nSPS) is 12.9. The van der Waals surface area contributed by atoms with Crippen LogP contribution in [-0.4, -0.2) is 42.7 Å². The summed E-state index contributed by atoms with van der Waals surface area (Å²) in [5.74, 6) is -1.15. The lowest BCUT2D eigenvalue weighted by molar-refractivity contribution is -0.274. The zero-order valence-electron chi connectivity index (χ0n) is 18.9. The summed E-state index contributed by atoms with van der Waals surface area (Å²) in [6.07, 6.45) is -4.75. The molecule has 0 bridgehead atoms. The largest absolute Gasteiger partial charge is 0.573 e. The van der Waals surface area contributed by atoms with Crippen molar-refractivity contribution in [2.45, 2.75) is 37.6 Å². The summed E-state index contributed by atoms with van der Waals surface area (Å²) in [4.78, 5) is 13.1. The van der Waals surface area contributed by atoms with Crippen LogP contribution in [0.4, 0.5) is 18.9 Å². The molecule has 0 unspecified atom stereocenters. The van der Waals surface area contributed by atoms with Crippen LogP contribution in [0.15, 0.2) is 53.4 Å². The third kappa shape index (κ3) is 6.56. The van der Waals surface area contributed by atoms with E-state index in [0.29, 0.717) is 17.1 Å². The average Bonchev–Trinajstić information content (AvgIpc) is 3.02. The van der Waals surface area contributed by atoms with E-state index in [1.54, 1.807) is 6.92 Å². The second-order valence-electron chi connectivity index (χ2n) is 7.93. The van der Waals surface area contributed by atoms with Crippen LogP contribution in [0.2, 0.25) is 5.02 Å². The maximum Gasteiger partial charge on any atom is 0.573 e. The summed E-state index contributed by atoms with van der Waals surface area (Å²) in [6, 6.07) is 10.7. The molecule has 1 aromatic heterocycles. The molecular weight excluding hydrogens is 509 g/mol. The van der Waals surface area contributed by atoms with Gasteiger partial charge in [-0.3, -0.25) is 4.79 Å². The number of nitrogens with zero attached hydrogens (tertiary/aromatic N) is 1. The first kappa shape index (κ1) is 26.6. The van der Waals surface area contributed by atoms with Gasteiger partial charge in [0.05, 0.1) is 22.3 Å². The standard InChI is InChI=1S/C23H22ClF3N2O5S/c1-13(30)10-17-12-19(22(31)28-16-5-7-18(8-6-16)35(3,32)33)14(2)29(17)20-9-4-15(24)11-21(20)34-23(25,26)27/h4-9,11-13,30H,10H2,1-3H3,(H,28,31)/t13-/m0/s1. The number of aliphatic hydroxyl groups excluding tert-OH is 1. The monoisotopic (exact) mass is 530 g/mol. The fraction of sp³-hybridized carbons (Fsp3) is 0.261. The Morgan fingerprint density at radius 3 is 2.34 bits per heavy atom. The van der Waals surface area contributed by atoms with Crippen LogP contribution in [0.1, 0.15) is 28.7 Å². The molecular formula is C23H22ClF3N2O5S. The zero-order chi connectivity index (χ0) is 26.1. The second kappa shape index (κ2) is 9.92. The molecule has 0 aliphatic rings. The smallest absolute Gasteiger partial charge is 0.403 e.